The highest BCUT2D eigenvalue weighted by molar-refractivity contribution is 6.06. The second-order valence-corrected chi connectivity index (χ2v) is 7.49. The first-order valence-electron chi connectivity index (χ1n) is 9.27. The highest BCUT2D eigenvalue weighted by Crippen LogP contribution is 2.45. The van der Waals surface area contributed by atoms with E-state index in [1.165, 1.54) is 0 Å². The number of fused-ring (bicyclic) bond motifs is 1. The van der Waals surface area contributed by atoms with Crippen LogP contribution in [0.4, 0.5) is 0 Å². The predicted octanol–water partition coefficient (Wildman–Crippen LogP) is 2.99. The van der Waals surface area contributed by atoms with E-state index in [1.807, 2.05) is 29.9 Å². The number of amides is 1. The van der Waals surface area contributed by atoms with Crippen molar-refractivity contribution >= 4 is 17.0 Å². The van der Waals surface area contributed by atoms with E-state index in [9.17, 15) is 4.79 Å². The van der Waals surface area contributed by atoms with Gasteiger partial charge >= 0.3 is 0 Å². The molecular formula is C19H21N5O2. The van der Waals surface area contributed by atoms with Crippen LogP contribution in [0.1, 0.15) is 66.2 Å². The molecule has 7 heteroatoms. The van der Waals surface area contributed by atoms with E-state index in [-0.39, 0.29) is 11.9 Å². The average Bonchev–Trinajstić information content (AvgIpc) is 3.56. The molecule has 0 saturated heterocycles. The Hall–Kier alpha value is -2.70. The third kappa shape index (κ3) is 2.87. The summed E-state index contributed by atoms with van der Waals surface area (Å²) >= 11 is 0. The average molecular weight is 351 g/mol. The van der Waals surface area contributed by atoms with Crippen LogP contribution in [-0.2, 0) is 6.54 Å². The van der Waals surface area contributed by atoms with Crippen LogP contribution in [0.3, 0.4) is 0 Å². The van der Waals surface area contributed by atoms with Gasteiger partial charge in [-0.3, -0.25) is 9.48 Å². The second-order valence-electron chi connectivity index (χ2n) is 7.49. The highest BCUT2D eigenvalue weighted by Gasteiger charge is 2.34. The first kappa shape index (κ1) is 15.5. The summed E-state index contributed by atoms with van der Waals surface area (Å²) in [7, 11) is 0. The molecule has 2 saturated carbocycles. The summed E-state index contributed by atoms with van der Waals surface area (Å²) in [5.74, 6) is 0.754. The molecule has 26 heavy (non-hydrogen) atoms. The van der Waals surface area contributed by atoms with E-state index in [0.29, 0.717) is 29.7 Å². The van der Waals surface area contributed by atoms with Crippen LogP contribution in [0, 0.1) is 0 Å². The Morgan fingerprint density at radius 1 is 1.35 bits per heavy atom. The second kappa shape index (κ2) is 5.93. The standard InChI is InChI=1S/C19H21N5O2/c1-11(10-24-8-2-7-20-24)21-18(25)14-9-15(12-3-4-12)22-19-16(14)17(23-26-19)13-5-6-13/h2,7-9,11-13H,3-6,10H2,1H3,(H,21,25). The lowest BCUT2D eigenvalue weighted by Crippen LogP contribution is -2.36. The monoisotopic (exact) mass is 351 g/mol. The Labute approximate surface area is 150 Å². The summed E-state index contributed by atoms with van der Waals surface area (Å²) in [5.41, 5.74) is 2.98. The number of aromatic nitrogens is 4. The number of carbonyl (C=O) groups is 1. The maximum Gasteiger partial charge on any atom is 0.259 e. The molecule has 1 amide bonds. The number of hydrogen-bond donors (Lipinski definition) is 1. The van der Waals surface area contributed by atoms with Gasteiger partial charge in [0, 0.05) is 36.0 Å². The number of nitrogens with one attached hydrogen (secondary N) is 1. The van der Waals surface area contributed by atoms with Gasteiger partial charge in [-0.1, -0.05) is 5.16 Å². The molecule has 3 aromatic rings. The third-order valence-corrected chi connectivity index (χ3v) is 5.09. The van der Waals surface area contributed by atoms with Gasteiger partial charge in [-0.05, 0) is 44.7 Å². The minimum Gasteiger partial charge on any atom is -0.348 e. The lowest BCUT2D eigenvalue weighted by Gasteiger charge is -2.15. The summed E-state index contributed by atoms with van der Waals surface area (Å²) in [6.07, 6.45) is 8.08. The van der Waals surface area contributed by atoms with Crippen molar-refractivity contribution in [2.75, 3.05) is 0 Å². The van der Waals surface area contributed by atoms with Crippen molar-refractivity contribution in [2.45, 2.75) is 57.0 Å². The van der Waals surface area contributed by atoms with E-state index in [4.69, 9.17) is 4.52 Å². The van der Waals surface area contributed by atoms with E-state index in [0.717, 1.165) is 42.5 Å². The fraction of sp³-hybridized carbons (Fsp3) is 0.474. The predicted molar refractivity (Wildman–Crippen MR) is 94.9 cm³/mol. The molecular weight excluding hydrogens is 330 g/mol. The van der Waals surface area contributed by atoms with Crippen molar-refractivity contribution in [3.05, 3.63) is 41.5 Å². The molecule has 2 fully saturated rings. The fourth-order valence-corrected chi connectivity index (χ4v) is 3.43. The zero-order chi connectivity index (χ0) is 17.7. The van der Waals surface area contributed by atoms with Crippen molar-refractivity contribution < 1.29 is 9.32 Å². The van der Waals surface area contributed by atoms with Crippen molar-refractivity contribution in [2.24, 2.45) is 0 Å². The molecule has 1 N–H and O–H groups in total. The molecule has 1 atom stereocenters. The SMILES string of the molecule is CC(Cn1cccn1)NC(=O)c1cc(C2CC2)nc2onc(C3CC3)c12. The lowest BCUT2D eigenvalue weighted by molar-refractivity contribution is 0.0937. The molecule has 0 radical (unpaired) electrons. The summed E-state index contributed by atoms with van der Waals surface area (Å²) < 4.78 is 7.31. The molecule has 0 aromatic carbocycles. The summed E-state index contributed by atoms with van der Waals surface area (Å²) in [6.45, 7) is 2.61. The van der Waals surface area contributed by atoms with E-state index < -0.39 is 0 Å². The van der Waals surface area contributed by atoms with Gasteiger partial charge < -0.3 is 9.84 Å². The van der Waals surface area contributed by atoms with E-state index in [1.54, 1.807) is 6.20 Å². The Morgan fingerprint density at radius 2 is 2.15 bits per heavy atom. The quantitative estimate of drug-likeness (QED) is 0.738. The van der Waals surface area contributed by atoms with Crippen molar-refractivity contribution in [1.82, 2.24) is 25.2 Å². The molecule has 0 spiro atoms. The van der Waals surface area contributed by atoms with E-state index >= 15 is 0 Å². The van der Waals surface area contributed by atoms with Crippen LogP contribution in [0.2, 0.25) is 0 Å². The summed E-state index contributed by atoms with van der Waals surface area (Å²) in [6, 6.07) is 3.78. The molecule has 2 aliphatic carbocycles. The maximum absolute atomic E-state index is 13.0. The minimum atomic E-state index is -0.0935. The van der Waals surface area contributed by atoms with E-state index in [2.05, 4.69) is 20.6 Å². The molecule has 5 rings (SSSR count). The molecule has 3 aromatic heterocycles. The number of pyridine rings is 1. The van der Waals surface area contributed by atoms with Gasteiger partial charge in [-0.15, -0.1) is 0 Å². The van der Waals surface area contributed by atoms with Crippen molar-refractivity contribution in [3.8, 4) is 0 Å². The molecule has 0 aliphatic heterocycles. The van der Waals surface area contributed by atoms with Crippen LogP contribution in [0.5, 0.6) is 0 Å². The maximum atomic E-state index is 13.0. The topological polar surface area (TPSA) is 85.8 Å². The van der Waals surface area contributed by atoms with Gasteiger partial charge in [0.25, 0.3) is 11.6 Å². The molecule has 134 valence electrons. The van der Waals surface area contributed by atoms with Crippen LogP contribution in [-0.4, -0.2) is 31.9 Å². The van der Waals surface area contributed by atoms with Crippen LogP contribution < -0.4 is 5.32 Å². The Kier molecular flexibility index (Phi) is 3.55. The third-order valence-electron chi connectivity index (χ3n) is 5.09. The molecule has 7 nitrogen and oxygen atoms in total. The Bertz CT molecular complexity index is 954. The van der Waals surface area contributed by atoms with Crippen molar-refractivity contribution in [1.29, 1.82) is 0 Å². The summed E-state index contributed by atoms with van der Waals surface area (Å²) in [4.78, 5) is 17.7. The molecule has 3 heterocycles. The number of hydrogen-bond acceptors (Lipinski definition) is 5. The van der Waals surface area contributed by atoms with Gasteiger partial charge in [0.2, 0.25) is 0 Å². The fourth-order valence-electron chi connectivity index (χ4n) is 3.43. The number of nitrogens with zero attached hydrogens (tertiary/aromatic N) is 4. The van der Waals surface area contributed by atoms with Gasteiger partial charge in [0.05, 0.1) is 23.2 Å². The van der Waals surface area contributed by atoms with Gasteiger partial charge in [0.15, 0.2) is 0 Å². The zero-order valence-corrected chi connectivity index (χ0v) is 14.7. The van der Waals surface area contributed by atoms with Gasteiger partial charge in [0.1, 0.15) is 0 Å². The van der Waals surface area contributed by atoms with Crippen LogP contribution in [0.15, 0.2) is 29.0 Å². The first-order valence-corrected chi connectivity index (χ1v) is 9.27. The van der Waals surface area contributed by atoms with Crippen LogP contribution >= 0.6 is 0 Å². The Balaban J connectivity index is 1.47. The zero-order valence-electron chi connectivity index (χ0n) is 14.7. The smallest absolute Gasteiger partial charge is 0.259 e. The van der Waals surface area contributed by atoms with Crippen molar-refractivity contribution in [3.63, 3.8) is 0 Å². The minimum absolute atomic E-state index is 0.0424. The highest BCUT2D eigenvalue weighted by atomic mass is 16.5. The number of rotatable bonds is 6. The number of carbonyl (C=O) groups excluding carboxylic acids is 1. The van der Waals surface area contributed by atoms with Crippen LogP contribution in [0.25, 0.3) is 11.1 Å². The largest absolute Gasteiger partial charge is 0.348 e. The lowest BCUT2D eigenvalue weighted by atomic mass is 10.0. The normalized spacial score (nSPS) is 18.2. The Morgan fingerprint density at radius 3 is 2.85 bits per heavy atom. The first-order chi connectivity index (χ1) is 12.7. The van der Waals surface area contributed by atoms with Gasteiger partial charge in [-0.2, -0.15) is 5.10 Å². The van der Waals surface area contributed by atoms with Gasteiger partial charge in [-0.25, -0.2) is 4.98 Å². The molecule has 1 unspecified atom stereocenters. The summed E-state index contributed by atoms with van der Waals surface area (Å²) in [5, 5.41) is 12.3. The molecule has 0 bridgehead atoms. The molecule has 2 aliphatic rings.